The number of nitrogens with zero attached hydrogens (tertiary/aromatic N) is 1. The SMILES string of the molecule is O=C(CCCNC(=O)OCc1ccccc1)N[C@H]1CC[C@@H](Nc2cc(C(F)(F)F)nc3ccc(Cl)cc23)CC1. The van der Waals surface area contributed by atoms with Crippen molar-refractivity contribution in [2.75, 3.05) is 11.9 Å². The van der Waals surface area contributed by atoms with Gasteiger partial charge < -0.3 is 20.7 Å². The molecule has 0 bridgehead atoms. The van der Waals surface area contributed by atoms with Crippen molar-refractivity contribution in [2.45, 2.75) is 63.4 Å². The Labute approximate surface area is 229 Å². The number of nitrogens with one attached hydrogen (secondary N) is 3. The van der Waals surface area contributed by atoms with Gasteiger partial charge in [0.25, 0.3) is 0 Å². The van der Waals surface area contributed by atoms with Crippen LogP contribution in [-0.4, -0.2) is 35.6 Å². The molecule has 7 nitrogen and oxygen atoms in total. The first-order valence-electron chi connectivity index (χ1n) is 12.9. The normalized spacial score (nSPS) is 17.4. The highest BCUT2D eigenvalue weighted by Crippen LogP contribution is 2.35. The fourth-order valence-electron chi connectivity index (χ4n) is 4.58. The molecule has 208 valence electrons. The number of rotatable bonds is 9. The molecule has 0 saturated heterocycles. The van der Waals surface area contributed by atoms with Crippen LogP contribution in [-0.2, 0) is 22.3 Å². The number of aromatic nitrogens is 1. The second-order valence-corrected chi connectivity index (χ2v) is 10.0. The van der Waals surface area contributed by atoms with Crippen LogP contribution < -0.4 is 16.0 Å². The van der Waals surface area contributed by atoms with Crippen molar-refractivity contribution in [3.8, 4) is 0 Å². The minimum Gasteiger partial charge on any atom is -0.445 e. The van der Waals surface area contributed by atoms with E-state index in [1.807, 2.05) is 30.3 Å². The topological polar surface area (TPSA) is 92.4 Å². The molecular formula is C28H30ClF3N4O3. The molecule has 2 amide bonds. The van der Waals surface area contributed by atoms with E-state index in [1.165, 1.54) is 12.1 Å². The zero-order chi connectivity index (χ0) is 27.8. The van der Waals surface area contributed by atoms with Gasteiger partial charge in [0, 0.05) is 41.1 Å². The molecule has 1 fully saturated rings. The maximum absolute atomic E-state index is 13.4. The number of pyridine rings is 1. The molecular weight excluding hydrogens is 533 g/mol. The molecule has 2 aromatic carbocycles. The van der Waals surface area contributed by atoms with Crippen LogP contribution in [0.3, 0.4) is 0 Å². The third-order valence-corrected chi connectivity index (χ3v) is 6.81. The summed E-state index contributed by atoms with van der Waals surface area (Å²) in [6.45, 7) is 0.501. The number of benzene rings is 2. The van der Waals surface area contributed by atoms with E-state index in [-0.39, 0.29) is 36.5 Å². The maximum Gasteiger partial charge on any atom is 0.433 e. The molecule has 0 radical (unpaired) electrons. The third-order valence-electron chi connectivity index (χ3n) is 6.58. The van der Waals surface area contributed by atoms with Gasteiger partial charge in [-0.2, -0.15) is 13.2 Å². The number of fused-ring (bicyclic) bond motifs is 1. The van der Waals surface area contributed by atoms with Crippen LogP contribution in [0.15, 0.2) is 54.6 Å². The van der Waals surface area contributed by atoms with Crippen LogP contribution in [0.25, 0.3) is 10.9 Å². The lowest BCUT2D eigenvalue weighted by atomic mass is 9.90. The summed E-state index contributed by atoms with van der Waals surface area (Å²) in [6, 6.07) is 14.9. The number of alkyl halides is 3. The fraction of sp³-hybridized carbons (Fsp3) is 0.393. The van der Waals surface area contributed by atoms with Crippen molar-refractivity contribution in [1.82, 2.24) is 15.6 Å². The molecule has 0 spiro atoms. The van der Waals surface area contributed by atoms with E-state index in [9.17, 15) is 22.8 Å². The first kappa shape index (κ1) is 28.5. The molecule has 3 N–H and O–H groups in total. The molecule has 3 aromatic rings. The Bertz CT molecular complexity index is 1280. The second kappa shape index (κ2) is 13.0. The van der Waals surface area contributed by atoms with E-state index in [0.29, 0.717) is 54.7 Å². The summed E-state index contributed by atoms with van der Waals surface area (Å²) < 4.78 is 45.3. The van der Waals surface area contributed by atoms with Gasteiger partial charge in [-0.15, -0.1) is 0 Å². The number of alkyl carbamates (subject to hydrolysis) is 1. The number of halogens is 4. The molecule has 1 heterocycles. The molecule has 0 atom stereocenters. The van der Waals surface area contributed by atoms with Crippen LogP contribution in [0.1, 0.15) is 49.8 Å². The Morgan fingerprint density at radius 2 is 1.72 bits per heavy atom. The second-order valence-electron chi connectivity index (χ2n) is 9.57. The Kier molecular flexibility index (Phi) is 9.50. The Hall–Kier alpha value is -3.53. The van der Waals surface area contributed by atoms with Gasteiger partial charge in [0.2, 0.25) is 5.91 Å². The smallest absolute Gasteiger partial charge is 0.433 e. The van der Waals surface area contributed by atoms with Crippen molar-refractivity contribution in [3.63, 3.8) is 0 Å². The van der Waals surface area contributed by atoms with Crippen LogP contribution in [0.5, 0.6) is 0 Å². The zero-order valence-electron chi connectivity index (χ0n) is 21.2. The number of amides is 2. The molecule has 0 aliphatic heterocycles. The molecule has 1 aliphatic carbocycles. The highest BCUT2D eigenvalue weighted by molar-refractivity contribution is 6.31. The van der Waals surface area contributed by atoms with E-state index in [2.05, 4.69) is 20.9 Å². The van der Waals surface area contributed by atoms with E-state index < -0.39 is 18.0 Å². The average Bonchev–Trinajstić information content (AvgIpc) is 2.91. The third kappa shape index (κ3) is 8.48. The van der Waals surface area contributed by atoms with E-state index in [4.69, 9.17) is 16.3 Å². The summed E-state index contributed by atoms with van der Waals surface area (Å²) in [6.07, 6.45) is -1.59. The van der Waals surface area contributed by atoms with Gasteiger partial charge in [-0.25, -0.2) is 9.78 Å². The molecule has 4 rings (SSSR count). The van der Waals surface area contributed by atoms with Crippen molar-refractivity contribution in [3.05, 3.63) is 70.9 Å². The first-order chi connectivity index (χ1) is 18.7. The van der Waals surface area contributed by atoms with Gasteiger partial charge in [0.15, 0.2) is 0 Å². The van der Waals surface area contributed by atoms with Crippen LogP contribution >= 0.6 is 11.6 Å². The lowest BCUT2D eigenvalue weighted by Gasteiger charge is -2.30. The minimum atomic E-state index is -4.57. The van der Waals surface area contributed by atoms with Gasteiger partial charge in [0.1, 0.15) is 12.3 Å². The lowest BCUT2D eigenvalue weighted by molar-refractivity contribution is -0.140. The van der Waals surface area contributed by atoms with E-state index in [0.717, 1.165) is 11.6 Å². The summed E-state index contributed by atoms with van der Waals surface area (Å²) in [4.78, 5) is 27.9. The number of hydrogen-bond acceptors (Lipinski definition) is 5. The molecule has 1 aliphatic rings. The highest BCUT2D eigenvalue weighted by Gasteiger charge is 2.34. The van der Waals surface area contributed by atoms with Crippen LogP contribution in [0.4, 0.5) is 23.7 Å². The summed E-state index contributed by atoms with van der Waals surface area (Å²) in [5.74, 6) is -0.101. The van der Waals surface area contributed by atoms with Crippen molar-refractivity contribution < 1.29 is 27.5 Å². The number of ether oxygens (including phenoxy) is 1. The quantitative estimate of drug-likeness (QED) is 0.261. The number of hydrogen-bond donors (Lipinski definition) is 3. The van der Waals surface area contributed by atoms with Crippen molar-refractivity contribution in [2.24, 2.45) is 0 Å². The zero-order valence-corrected chi connectivity index (χ0v) is 21.9. The number of carbonyl (C=O) groups excluding carboxylic acids is 2. The number of carbonyl (C=O) groups is 2. The molecule has 1 aromatic heterocycles. The van der Waals surface area contributed by atoms with Gasteiger partial charge in [-0.3, -0.25) is 4.79 Å². The van der Waals surface area contributed by atoms with Crippen LogP contribution in [0, 0.1) is 0 Å². The van der Waals surface area contributed by atoms with Gasteiger partial charge in [0.05, 0.1) is 5.52 Å². The summed E-state index contributed by atoms with van der Waals surface area (Å²) >= 11 is 6.08. The van der Waals surface area contributed by atoms with Crippen molar-refractivity contribution in [1.29, 1.82) is 0 Å². The van der Waals surface area contributed by atoms with Gasteiger partial charge in [-0.1, -0.05) is 41.9 Å². The molecule has 0 unspecified atom stereocenters. The van der Waals surface area contributed by atoms with E-state index >= 15 is 0 Å². The fourth-order valence-corrected chi connectivity index (χ4v) is 4.75. The van der Waals surface area contributed by atoms with Crippen molar-refractivity contribution >= 4 is 40.2 Å². The predicted molar refractivity (Wildman–Crippen MR) is 143 cm³/mol. The first-order valence-corrected chi connectivity index (χ1v) is 13.2. The standard InChI is InChI=1S/C28H30ClF3N4O3/c29-19-8-13-23-22(15-19)24(16-25(36-23)28(30,31)32)34-20-9-11-21(12-10-20)35-26(37)7-4-14-33-27(38)39-17-18-5-2-1-3-6-18/h1-3,5-6,8,13,15-16,20-21H,4,7,9-12,14,17H2,(H,33,38)(H,34,36)(H,35,37)/t20-,21+. The molecule has 11 heteroatoms. The van der Waals surface area contributed by atoms with Gasteiger partial charge >= 0.3 is 12.3 Å². The largest absolute Gasteiger partial charge is 0.445 e. The number of anilines is 1. The van der Waals surface area contributed by atoms with E-state index in [1.54, 1.807) is 6.07 Å². The minimum absolute atomic E-state index is 0.00582. The Balaban J connectivity index is 1.19. The maximum atomic E-state index is 13.4. The Morgan fingerprint density at radius 1 is 1.00 bits per heavy atom. The lowest BCUT2D eigenvalue weighted by Crippen LogP contribution is -2.40. The summed E-state index contributed by atoms with van der Waals surface area (Å²) in [5.41, 5.74) is 0.495. The average molecular weight is 563 g/mol. The molecule has 39 heavy (non-hydrogen) atoms. The summed E-state index contributed by atoms with van der Waals surface area (Å²) in [7, 11) is 0. The molecule has 1 saturated carbocycles. The predicted octanol–water partition coefficient (Wildman–Crippen LogP) is 6.45. The summed E-state index contributed by atoms with van der Waals surface area (Å²) in [5, 5.41) is 9.85. The Morgan fingerprint density at radius 3 is 2.44 bits per heavy atom. The van der Waals surface area contributed by atoms with Crippen LogP contribution in [0.2, 0.25) is 5.02 Å². The monoisotopic (exact) mass is 562 g/mol. The highest BCUT2D eigenvalue weighted by atomic mass is 35.5. The van der Waals surface area contributed by atoms with Gasteiger partial charge in [-0.05, 0) is 61.9 Å².